The van der Waals surface area contributed by atoms with Crippen LogP contribution in [0.25, 0.3) is 33.2 Å². The van der Waals surface area contributed by atoms with Gasteiger partial charge < -0.3 is 24.8 Å². The molecule has 0 unspecified atom stereocenters. The molecular weight excluding hydrogens is 389 g/mol. The summed E-state index contributed by atoms with van der Waals surface area (Å²) >= 11 is 0. The average molecular weight is 405 g/mol. The molecule has 0 saturated carbocycles. The van der Waals surface area contributed by atoms with Gasteiger partial charge in [0.05, 0.1) is 0 Å². The number of pyridine rings is 1. The Labute approximate surface area is 171 Å². The minimum Gasteiger partial charge on any atom is -1.00 e. The second-order valence-corrected chi connectivity index (χ2v) is 5.53. The third-order valence-corrected chi connectivity index (χ3v) is 4.23. The molecule has 4 heteroatoms. The third kappa shape index (κ3) is 3.94. The van der Waals surface area contributed by atoms with Crippen LogP contribution in [0.2, 0.25) is 0 Å². The second-order valence-electron chi connectivity index (χ2n) is 5.53. The van der Waals surface area contributed by atoms with E-state index in [1.54, 1.807) is 0 Å². The maximum absolute atomic E-state index is 4.58. The number of hydrogen-bond acceptors (Lipinski definition) is 1. The van der Waals surface area contributed by atoms with Gasteiger partial charge in [-0.15, -0.1) is 29.3 Å². The number of rotatable bonds is 2. The van der Waals surface area contributed by atoms with Crippen LogP contribution in [-0.2, 0) is 17.4 Å². The minimum absolute atomic E-state index is 0. The first-order valence-electron chi connectivity index (χ1n) is 7.50. The third-order valence-electron chi connectivity index (χ3n) is 4.23. The fraction of sp³-hybridized carbons (Fsp3) is 0.0476. The monoisotopic (exact) mass is 404 g/mol. The topological polar surface area (TPSA) is 12.9 Å². The molecule has 4 aromatic rings. The van der Waals surface area contributed by atoms with Gasteiger partial charge in [0.15, 0.2) is 0 Å². The number of nitrogens with zero attached hydrogens (tertiary/aromatic N) is 1. The Morgan fingerprint density at radius 1 is 0.800 bits per heavy atom. The summed E-state index contributed by atoms with van der Waals surface area (Å²) in [6, 6.07) is 25.4. The SMILES string of the molecule is Cc1c(-c2ccccc2)cc[c-]1-c1cccc2cccnc12.[Cl-].[Cl-].[Cr+3]. The van der Waals surface area contributed by atoms with Crippen molar-refractivity contribution in [2.75, 3.05) is 0 Å². The number of benzene rings is 2. The van der Waals surface area contributed by atoms with Gasteiger partial charge in [-0.3, -0.25) is 4.98 Å². The van der Waals surface area contributed by atoms with E-state index in [0.29, 0.717) is 0 Å². The van der Waals surface area contributed by atoms with Gasteiger partial charge in [0, 0.05) is 11.7 Å². The summed E-state index contributed by atoms with van der Waals surface area (Å²) in [6.07, 6.45) is 1.86. The van der Waals surface area contributed by atoms with Crippen LogP contribution in [0.4, 0.5) is 0 Å². The molecule has 0 bridgehead atoms. The maximum atomic E-state index is 4.58. The largest absolute Gasteiger partial charge is 3.00 e. The van der Waals surface area contributed by atoms with E-state index in [0.717, 1.165) is 5.52 Å². The van der Waals surface area contributed by atoms with Crippen molar-refractivity contribution in [1.29, 1.82) is 0 Å². The van der Waals surface area contributed by atoms with Gasteiger partial charge in [0.1, 0.15) is 0 Å². The zero-order valence-electron chi connectivity index (χ0n) is 13.6. The molecule has 25 heavy (non-hydrogen) atoms. The molecule has 0 aliphatic rings. The van der Waals surface area contributed by atoms with E-state index in [-0.39, 0.29) is 42.2 Å². The molecule has 1 radical (unpaired) electrons. The standard InChI is InChI=1S/C21H16N.2ClH.Cr/c1-15-18(16-7-3-2-4-8-16)12-13-19(15)20-11-5-9-17-10-6-14-22-21(17)20;;;/h2-14H,1H3;2*1H;/q-1;;;+3/p-2. The van der Waals surface area contributed by atoms with Crippen molar-refractivity contribution in [3.8, 4) is 22.3 Å². The van der Waals surface area contributed by atoms with Crippen LogP contribution in [0.15, 0.2) is 79.0 Å². The smallest absolute Gasteiger partial charge is 1.00 e. The zero-order chi connectivity index (χ0) is 14.9. The summed E-state index contributed by atoms with van der Waals surface area (Å²) in [5.41, 5.74) is 7.41. The van der Waals surface area contributed by atoms with Crippen LogP contribution in [0.5, 0.6) is 0 Å². The average Bonchev–Trinajstić information content (AvgIpc) is 2.96. The van der Waals surface area contributed by atoms with E-state index in [1.807, 2.05) is 12.3 Å². The summed E-state index contributed by atoms with van der Waals surface area (Å²) in [5, 5.41) is 1.18. The Morgan fingerprint density at radius 3 is 2.28 bits per heavy atom. The Bertz CT molecular complexity index is 943. The number of aromatic nitrogens is 1. The van der Waals surface area contributed by atoms with Crippen LogP contribution in [0.3, 0.4) is 0 Å². The van der Waals surface area contributed by atoms with E-state index >= 15 is 0 Å². The van der Waals surface area contributed by atoms with E-state index in [4.69, 9.17) is 0 Å². The van der Waals surface area contributed by atoms with Crippen molar-refractivity contribution < 1.29 is 42.2 Å². The van der Waals surface area contributed by atoms with Gasteiger partial charge >= 0.3 is 17.4 Å². The van der Waals surface area contributed by atoms with Gasteiger partial charge in [-0.2, -0.15) is 0 Å². The van der Waals surface area contributed by atoms with Crippen molar-refractivity contribution in [2.24, 2.45) is 0 Å². The molecule has 3 aromatic carbocycles. The molecule has 0 fully saturated rings. The number of hydrogen-bond donors (Lipinski definition) is 0. The molecule has 0 spiro atoms. The van der Waals surface area contributed by atoms with E-state index in [9.17, 15) is 0 Å². The molecule has 0 aliphatic heterocycles. The van der Waals surface area contributed by atoms with Gasteiger partial charge in [0.2, 0.25) is 0 Å². The predicted octanol–water partition coefficient (Wildman–Crippen LogP) is -0.398. The van der Waals surface area contributed by atoms with Gasteiger partial charge in [-0.05, 0) is 11.5 Å². The molecule has 0 amide bonds. The van der Waals surface area contributed by atoms with Crippen molar-refractivity contribution in [3.63, 3.8) is 0 Å². The van der Waals surface area contributed by atoms with Crippen molar-refractivity contribution in [1.82, 2.24) is 4.98 Å². The van der Waals surface area contributed by atoms with Crippen LogP contribution in [-0.4, -0.2) is 4.98 Å². The first-order valence-corrected chi connectivity index (χ1v) is 7.50. The van der Waals surface area contributed by atoms with Gasteiger partial charge in [-0.1, -0.05) is 72.1 Å². The molecule has 1 aromatic heterocycles. The van der Waals surface area contributed by atoms with Crippen molar-refractivity contribution in [3.05, 3.63) is 84.6 Å². The van der Waals surface area contributed by atoms with Crippen LogP contribution < -0.4 is 24.8 Å². The Balaban J connectivity index is 0.00000104. The van der Waals surface area contributed by atoms with Crippen LogP contribution >= 0.6 is 0 Å². The molecule has 125 valence electrons. The predicted molar refractivity (Wildman–Crippen MR) is 92.9 cm³/mol. The Kier molecular flexibility index (Phi) is 7.80. The molecule has 0 aliphatic carbocycles. The summed E-state index contributed by atoms with van der Waals surface area (Å²) in [7, 11) is 0. The van der Waals surface area contributed by atoms with Gasteiger partial charge in [-0.25, -0.2) is 0 Å². The van der Waals surface area contributed by atoms with E-state index < -0.39 is 0 Å². The summed E-state index contributed by atoms with van der Waals surface area (Å²) in [4.78, 5) is 4.58. The molecular formula is C21H16Cl2CrN. The summed E-state index contributed by atoms with van der Waals surface area (Å²) in [5.74, 6) is 0. The number of halogens is 2. The number of fused-ring (bicyclic) bond motifs is 1. The molecule has 4 rings (SSSR count). The zero-order valence-corrected chi connectivity index (χ0v) is 16.4. The molecule has 0 saturated heterocycles. The van der Waals surface area contributed by atoms with Crippen LogP contribution in [0.1, 0.15) is 5.56 Å². The van der Waals surface area contributed by atoms with E-state index in [1.165, 1.54) is 33.2 Å². The fourth-order valence-corrected chi connectivity index (χ4v) is 3.11. The summed E-state index contributed by atoms with van der Waals surface area (Å²) < 4.78 is 0. The van der Waals surface area contributed by atoms with E-state index in [2.05, 4.69) is 78.6 Å². The first kappa shape index (κ1) is 21.4. The molecule has 1 nitrogen and oxygen atoms in total. The van der Waals surface area contributed by atoms with Crippen LogP contribution in [0, 0.1) is 6.92 Å². The molecule has 1 heterocycles. The number of para-hydroxylation sites is 1. The normalized spacial score (nSPS) is 9.64. The molecule has 0 N–H and O–H groups in total. The van der Waals surface area contributed by atoms with Crippen molar-refractivity contribution in [2.45, 2.75) is 6.92 Å². The van der Waals surface area contributed by atoms with Gasteiger partial charge in [0.25, 0.3) is 0 Å². The Hall–Kier alpha value is -1.69. The fourth-order valence-electron chi connectivity index (χ4n) is 3.11. The van der Waals surface area contributed by atoms with Crippen molar-refractivity contribution >= 4 is 10.9 Å². The maximum Gasteiger partial charge on any atom is 3.00 e. The second kappa shape index (κ2) is 9.13. The summed E-state index contributed by atoms with van der Waals surface area (Å²) in [6.45, 7) is 2.19. The quantitative estimate of drug-likeness (QED) is 0.414. The Morgan fingerprint density at radius 2 is 1.52 bits per heavy atom. The minimum atomic E-state index is 0. The molecule has 0 atom stereocenters. The first-order chi connectivity index (χ1) is 10.8.